The summed E-state index contributed by atoms with van der Waals surface area (Å²) in [7, 11) is 0. The van der Waals surface area contributed by atoms with Crippen LogP contribution >= 0.6 is 15.9 Å². The maximum atomic E-state index is 12.3. The third kappa shape index (κ3) is 3.75. The van der Waals surface area contributed by atoms with Gasteiger partial charge in [-0.3, -0.25) is 0 Å². The molecule has 0 atom stereocenters. The van der Waals surface area contributed by atoms with Crippen molar-refractivity contribution in [2.45, 2.75) is 12.7 Å². The molecule has 0 bridgehead atoms. The van der Waals surface area contributed by atoms with E-state index in [1.807, 2.05) is 6.07 Å². The Hall–Kier alpha value is 0.991. The van der Waals surface area contributed by atoms with E-state index in [1.54, 1.807) is 0 Å². The number of ether oxygens (including phenoxy) is 1. The smallest absolute Gasteiger partial charge is 0.493 e. The molecule has 1 aromatic rings. The fourth-order valence-corrected chi connectivity index (χ4v) is 2.30. The SMILES string of the molecule is F[B-](F)(F)Cc1cc(Br)cc2c1OCC2.[K+]. The monoisotopic (exact) mass is 318 g/mol. The summed E-state index contributed by atoms with van der Waals surface area (Å²) < 4.78 is 42.9. The number of hydrogen-bond acceptors (Lipinski definition) is 1. The summed E-state index contributed by atoms with van der Waals surface area (Å²) >= 11 is 3.21. The summed E-state index contributed by atoms with van der Waals surface area (Å²) in [4.78, 5) is 0. The molecule has 0 spiro atoms. The Morgan fingerprint density at radius 3 is 2.62 bits per heavy atom. The van der Waals surface area contributed by atoms with E-state index in [9.17, 15) is 12.9 Å². The van der Waals surface area contributed by atoms with Gasteiger partial charge in [0.25, 0.3) is 0 Å². The van der Waals surface area contributed by atoms with Crippen LogP contribution in [0.15, 0.2) is 16.6 Å². The molecule has 0 N–H and O–H groups in total. The minimum absolute atomic E-state index is 0. The zero-order valence-corrected chi connectivity index (χ0v) is 13.5. The molecule has 0 saturated carbocycles. The fourth-order valence-electron chi connectivity index (χ4n) is 1.75. The van der Waals surface area contributed by atoms with Gasteiger partial charge in [-0.1, -0.05) is 22.3 Å². The summed E-state index contributed by atoms with van der Waals surface area (Å²) in [6, 6.07) is 3.30. The number of halogens is 4. The predicted octanol–water partition coefficient (Wildman–Crippen LogP) is 0.317. The second-order valence-electron chi connectivity index (χ2n) is 3.57. The number of rotatable bonds is 2. The van der Waals surface area contributed by atoms with Crippen LogP contribution in [-0.4, -0.2) is 13.6 Å². The number of hydrogen-bond donors (Lipinski definition) is 0. The molecule has 7 heteroatoms. The Bertz CT molecular complexity index is 397. The summed E-state index contributed by atoms with van der Waals surface area (Å²) in [6.45, 7) is -4.33. The zero-order chi connectivity index (χ0) is 11.1. The molecule has 1 nitrogen and oxygen atoms in total. The van der Waals surface area contributed by atoms with Gasteiger partial charge in [0.05, 0.1) is 6.61 Å². The van der Waals surface area contributed by atoms with Gasteiger partial charge in [-0.25, -0.2) is 0 Å². The molecule has 1 aliphatic heterocycles. The van der Waals surface area contributed by atoms with Crippen LogP contribution in [0.4, 0.5) is 12.9 Å². The second-order valence-corrected chi connectivity index (χ2v) is 4.48. The van der Waals surface area contributed by atoms with Crippen LogP contribution in [0.25, 0.3) is 0 Å². The average molecular weight is 319 g/mol. The summed E-state index contributed by atoms with van der Waals surface area (Å²) in [5.74, 6) is 0.428. The molecule has 0 saturated heterocycles. The van der Waals surface area contributed by atoms with Crippen LogP contribution < -0.4 is 56.1 Å². The number of benzene rings is 1. The third-order valence-corrected chi connectivity index (χ3v) is 2.73. The zero-order valence-electron chi connectivity index (χ0n) is 8.77. The first-order chi connectivity index (χ1) is 6.96. The van der Waals surface area contributed by atoms with E-state index >= 15 is 0 Å². The molecular weight excluding hydrogens is 311 g/mol. The van der Waals surface area contributed by atoms with Crippen molar-refractivity contribution in [2.24, 2.45) is 0 Å². The van der Waals surface area contributed by atoms with Gasteiger partial charge >= 0.3 is 58.4 Å². The Morgan fingerprint density at radius 1 is 1.31 bits per heavy atom. The maximum Gasteiger partial charge on any atom is 1.00 e. The van der Waals surface area contributed by atoms with Crippen LogP contribution in [0.1, 0.15) is 11.1 Å². The summed E-state index contributed by atoms with van der Waals surface area (Å²) in [5, 5.41) is 0. The van der Waals surface area contributed by atoms with E-state index < -0.39 is 13.3 Å². The van der Waals surface area contributed by atoms with Crippen LogP contribution in [0.3, 0.4) is 0 Å². The molecule has 0 aliphatic carbocycles. The maximum absolute atomic E-state index is 12.3. The minimum Gasteiger partial charge on any atom is -0.493 e. The molecule has 16 heavy (non-hydrogen) atoms. The van der Waals surface area contributed by atoms with Crippen LogP contribution in [0, 0.1) is 0 Å². The Morgan fingerprint density at radius 2 is 2.00 bits per heavy atom. The Labute approximate surface area is 143 Å². The molecule has 0 fully saturated rings. The van der Waals surface area contributed by atoms with Crippen molar-refractivity contribution in [2.75, 3.05) is 6.61 Å². The summed E-state index contributed by atoms with van der Waals surface area (Å²) in [5.41, 5.74) is 1.10. The Kier molecular flexibility index (Phi) is 5.41. The van der Waals surface area contributed by atoms with Crippen LogP contribution in [-0.2, 0) is 12.7 Å². The quantitative estimate of drug-likeness (QED) is 0.714. The van der Waals surface area contributed by atoms with Gasteiger partial charge in [-0.05, 0) is 23.3 Å². The molecule has 0 amide bonds. The molecule has 82 valence electrons. The molecule has 0 unspecified atom stereocenters. The van der Waals surface area contributed by atoms with Crippen molar-refractivity contribution in [1.29, 1.82) is 0 Å². The second kappa shape index (κ2) is 5.75. The van der Waals surface area contributed by atoms with Crippen molar-refractivity contribution < 1.29 is 69.1 Å². The van der Waals surface area contributed by atoms with E-state index in [0.29, 0.717) is 23.2 Å². The van der Waals surface area contributed by atoms with Gasteiger partial charge in [0, 0.05) is 10.9 Å². The van der Waals surface area contributed by atoms with E-state index in [-0.39, 0.29) is 56.9 Å². The van der Waals surface area contributed by atoms with Crippen LogP contribution in [0.5, 0.6) is 5.75 Å². The van der Waals surface area contributed by atoms with Gasteiger partial charge in [-0.2, -0.15) is 0 Å². The first kappa shape index (κ1) is 15.1. The van der Waals surface area contributed by atoms with Crippen LogP contribution in [0.2, 0.25) is 0 Å². The molecule has 1 heterocycles. The van der Waals surface area contributed by atoms with E-state index in [4.69, 9.17) is 4.74 Å². The summed E-state index contributed by atoms with van der Waals surface area (Å²) in [6.07, 6.45) is -0.186. The van der Waals surface area contributed by atoms with E-state index in [0.717, 1.165) is 5.56 Å². The van der Waals surface area contributed by atoms with Gasteiger partial charge in [-0.15, -0.1) is 0 Å². The molecule has 1 aromatic carbocycles. The molecule has 0 radical (unpaired) electrons. The molecule has 2 rings (SSSR count). The molecule has 0 aromatic heterocycles. The molecule has 1 aliphatic rings. The number of fused-ring (bicyclic) bond motifs is 1. The largest absolute Gasteiger partial charge is 1.00 e. The van der Waals surface area contributed by atoms with Crippen molar-refractivity contribution >= 4 is 22.9 Å². The fraction of sp³-hybridized carbons (Fsp3) is 0.333. The van der Waals surface area contributed by atoms with Gasteiger partial charge in [0.1, 0.15) is 5.75 Å². The van der Waals surface area contributed by atoms with E-state index in [2.05, 4.69) is 15.9 Å². The topological polar surface area (TPSA) is 9.23 Å². The van der Waals surface area contributed by atoms with Crippen molar-refractivity contribution in [3.8, 4) is 5.75 Å². The van der Waals surface area contributed by atoms with Crippen molar-refractivity contribution in [1.82, 2.24) is 0 Å². The van der Waals surface area contributed by atoms with Crippen molar-refractivity contribution in [3.05, 3.63) is 27.7 Å². The van der Waals surface area contributed by atoms with Crippen molar-refractivity contribution in [3.63, 3.8) is 0 Å². The first-order valence-corrected chi connectivity index (χ1v) is 5.40. The van der Waals surface area contributed by atoms with E-state index in [1.165, 1.54) is 6.07 Å². The standard InChI is InChI=1S/C9H8BBrF3O.K/c11-8-3-6-1-2-15-9(6)7(4-8)5-10(12,13)14;/h3-4H,1-2,5H2;/q-1;+1. The average Bonchev–Trinajstić information content (AvgIpc) is 2.48. The van der Waals surface area contributed by atoms with Gasteiger partial charge in [0.2, 0.25) is 0 Å². The normalized spacial score (nSPS) is 14.0. The molecular formula is C9H8BBrF3KO. The van der Waals surface area contributed by atoms with Gasteiger partial charge < -0.3 is 17.7 Å². The third-order valence-electron chi connectivity index (χ3n) is 2.28. The Balaban J connectivity index is 0.00000128. The van der Waals surface area contributed by atoms with Gasteiger partial charge in [0.15, 0.2) is 0 Å². The minimum atomic E-state index is -4.81. The first-order valence-electron chi connectivity index (χ1n) is 4.61. The predicted molar refractivity (Wildman–Crippen MR) is 56.1 cm³/mol.